The van der Waals surface area contributed by atoms with Crippen LogP contribution in [0.1, 0.15) is 57.6 Å². The van der Waals surface area contributed by atoms with Crippen molar-refractivity contribution in [3.63, 3.8) is 0 Å². The van der Waals surface area contributed by atoms with Crippen molar-refractivity contribution in [2.24, 2.45) is 0 Å². The summed E-state index contributed by atoms with van der Waals surface area (Å²) in [7, 11) is 0. The van der Waals surface area contributed by atoms with Crippen LogP contribution >= 0.6 is 0 Å². The Morgan fingerprint density at radius 1 is 1.00 bits per heavy atom. The van der Waals surface area contributed by atoms with Gasteiger partial charge < -0.3 is 4.90 Å². The van der Waals surface area contributed by atoms with E-state index in [1.165, 1.54) is 5.56 Å². The number of para-hydroxylation sites is 1. The molecular weight excluding hydrogens is 386 g/mol. The Bertz CT molecular complexity index is 890. The van der Waals surface area contributed by atoms with Gasteiger partial charge in [-0.2, -0.15) is 0 Å². The third kappa shape index (κ3) is 5.24. The third-order valence-electron chi connectivity index (χ3n) is 6.02. The maximum absolute atomic E-state index is 13.0. The summed E-state index contributed by atoms with van der Waals surface area (Å²) in [6.45, 7) is 16.7. The predicted octanol–water partition coefficient (Wildman–Crippen LogP) is 4.30. The topological polar surface area (TPSA) is 52.6 Å². The van der Waals surface area contributed by atoms with Gasteiger partial charge in [-0.25, -0.2) is 9.97 Å². The number of anilines is 2. The quantitative estimate of drug-likeness (QED) is 0.737. The SMILES string of the molecule is CC.Cc1cc(N2CCCN(CN3C(=O)CC(C)(C)c4ccccc43)CC2)nc(C)n1. The molecule has 0 aliphatic carbocycles. The first kappa shape index (κ1) is 23.2. The standard InChI is InChI=1S/C23H31N5O.C2H6/c1-17-14-21(25-18(2)24-17)27-11-7-10-26(12-13-27)16-28-20-9-6-5-8-19(20)23(3,4)15-22(28)29;1-2/h5-6,8-9,14H,7,10-13,15-16H2,1-4H3;1-2H3. The number of aryl methyl sites for hydroxylation is 2. The number of amides is 1. The van der Waals surface area contributed by atoms with Crippen LogP contribution in [0.3, 0.4) is 0 Å². The largest absolute Gasteiger partial charge is 0.355 e. The van der Waals surface area contributed by atoms with Gasteiger partial charge in [0.2, 0.25) is 5.91 Å². The number of carbonyl (C=O) groups excluding carboxylic acids is 1. The molecule has 1 aromatic heterocycles. The Kier molecular flexibility index (Phi) is 7.31. The average Bonchev–Trinajstić information content (AvgIpc) is 2.97. The molecule has 2 aliphatic rings. The third-order valence-corrected chi connectivity index (χ3v) is 6.02. The summed E-state index contributed by atoms with van der Waals surface area (Å²) in [5, 5.41) is 0. The molecule has 1 aromatic carbocycles. The highest BCUT2D eigenvalue weighted by molar-refractivity contribution is 5.97. The lowest BCUT2D eigenvalue weighted by Gasteiger charge is -2.40. The van der Waals surface area contributed by atoms with Gasteiger partial charge in [0.1, 0.15) is 11.6 Å². The number of fused-ring (bicyclic) bond motifs is 1. The molecule has 168 valence electrons. The number of carbonyl (C=O) groups is 1. The lowest BCUT2D eigenvalue weighted by atomic mass is 9.77. The van der Waals surface area contributed by atoms with Gasteiger partial charge >= 0.3 is 0 Å². The minimum Gasteiger partial charge on any atom is -0.355 e. The number of benzene rings is 1. The van der Waals surface area contributed by atoms with E-state index in [1.54, 1.807) is 0 Å². The number of nitrogens with zero attached hydrogens (tertiary/aromatic N) is 5. The number of hydrogen-bond acceptors (Lipinski definition) is 5. The van der Waals surface area contributed by atoms with Crippen LogP contribution in [-0.2, 0) is 10.2 Å². The molecule has 0 saturated carbocycles. The summed E-state index contributed by atoms with van der Waals surface area (Å²) in [5.74, 6) is 2.05. The second kappa shape index (κ2) is 9.77. The fourth-order valence-corrected chi connectivity index (χ4v) is 4.54. The molecule has 1 amide bonds. The Hall–Kier alpha value is -2.47. The molecule has 0 bridgehead atoms. The molecule has 1 fully saturated rings. The van der Waals surface area contributed by atoms with Gasteiger partial charge in [0.15, 0.2) is 0 Å². The molecule has 0 radical (unpaired) electrons. The highest BCUT2D eigenvalue weighted by atomic mass is 16.2. The molecule has 6 heteroatoms. The molecule has 4 rings (SSSR count). The van der Waals surface area contributed by atoms with Gasteiger partial charge in [-0.05, 0) is 31.9 Å². The summed E-state index contributed by atoms with van der Waals surface area (Å²) in [6, 6.07) is 10.4. The zero-order valence-corrected chi connectivity index (χ0v) is 20.0. The highest BCUT2D eigenvalue weighted by Gasteiger charge is 2.37. The molecule has 0 atom stereocenters. The number of aromatic nitrogens is 2. The number of hydrogen-bond donors (Lipinski definition) is 0. The molecule has 3 heterocycles. The van der Waals surface area contributed by atoms with Crippen molar-refractivity contribution in [3.05, 3.63) is 47.4 Å². The van der Waals surface area contributed by atoms with Gasteiger partial charge in [-0.3, -0.25) is 14.6 Å². The first-order chi connectivity index (χ1) is 14.8. The molecule has 6 nitrogen and oxygen atoms in total. The Labute approximate surface area is 187 Å². The van der Waals surface area contributed by atoms with Gasteiger partial charge in [-0.15, -0.1) is 0 Å². The monoisotopic (exact) mass is 423 g/mol. The minimum absolute atomic E-state index is 0.109. The van der Waals surface area contributed by atoms with Gasteiger partial charge in [0.05, 0.1) is 6.67 Å². The molecule has 0 unspecified atom stereocenters. The van der Waals surface area contributed by atoms with Crippen LogP contribution in [-0.4, -0.2) is 53.6 Å². The van der Waals surface area contributed by atoms with Crippen molar-refractivity contribution in [3.8, 4) is 0 Å². The van der Waals surface area contributed by atoms with Crippen LogP contribution in [0, 0.1) is 13.8 Å². The van der Waals surface area contributed by atoms with Gasteiger partial charge in [0.25, 0.3) is 0 Å². The molecule has 0 spiro atoms. The maximum Gasteiger partial charge on any atom is 0.228 e. The van der Waals surface area contributed by atoms with Crippen molar-refractivity contribution >= 4 is 17.4 Å². The van der Waals surface area contributed by atoms with E-state index in [0.717, 1.165) is 55.6 Å². The van der Waals surface area contributed by atoms with Gasteiger partial charge in [0, 0.05) is 55.5 Å². The Balaban J connectivity index is 0.00000132. The van der Waals surface area contributed by atoms with Crippen molar-refractivity contribution in [2.45, 2.75) is 59.8 Å². The van der Waals surface area contributed by atoms with Crippen LogP contribution in [0.15, 0.2) is 30.3 Å². The van der Waals surface area contributed by atoms with Crippen molar-refractivity contribution < 1.29 is 4.79 Å². The fraction of sp³-hybridized carbons (Fsp3) is 0.560. The predicted molar refractivity (Wildman–Crippen MR) is 128 cm³/mol. The van der Waals surface area contributed by atoms with Crippen LogP contribution in [0.5, 0.6) is 0 Å². The summed E-state index contributed by atoms with van der Waals surface area (Å²) < 4.78 is 0. The number of rotatable bonds is 3. The van der Waals surface area contributed by atoms with Crippen molar-refractivity contribution in [1.82, 2.24) is 14.9 Å². The summed E-state index contributed by atoms with van der Waals surface area (Å²) in [4.78, 5) is 28.7. The lowest BCUT2D eigenvalue weighted by molar-refractivity contribution is -0.120. The van der Waals surface area contributed by atoms with E-state index < -0.39 is 0 Å². The van der Waals surface area contributed by atoms with E-state index in [-0.39, 0.29) is 11.3 Å². The Morgan fingerprint density at radius 2 is 1.74 bits per heavy atom. The first-order valence-electron chi connectivity index (χ1n) is 11.5. The van der Waals surface area contributed by atoms with E-state index in [4.69, 9.17) is 0 Å². The van der Waals surface area contributed by atoms with Crippen molar-refractivity contribution in [1.29, 1.82) is 0 Å². The van der Waals surface area contributed by atoms with Crippen LogP contribution in [0.4, 0.5) is 11.5 Å². The van der Waals surface area contributed by atoms with Crippen LogP contribution in [0.25, 0.3) is 0 Å². The molecule has 2 aromatic rings. The van der Waals surface area contributed by atoms with Crippen LogP contribution in [0.2, 0.25) is 0 Å². The van der Waals surface area contributed by atoms with Gasteiger partial charge in [-0.1, -0.05) is 45.9 Å². The summed E-state index contributed by atoms with van der Waals surface area (Å²) >= 11 is 0. The second-order valence-electron chi connectivity index (χ2n) is 8.91. The molecule has 1 saturated heterocycles. The van der Waals surface area contributed by atoms with E-state index in [0.29, 0.717) is 13.1 Å². The Morgan fingerprint density at radius 3 is 2.48 bits per heavy atom. The summed E-state index contributed by atoms with van der Waals surface area (Å²) in [6.07, 6.45) is 1.61. The second-order valence-corrected chi connectivity index (χ2v) is 8.91. The normalized spacial score (nSPS) is 18.7. The minimum atomic E-state index is -0.109. The van der Waals surface area contributed by atoms with E-state index in [1.807, 2.05) is 38.7 Å². The maximum atomic E-state index is 13.0. The molecule has 0 N–H and O–H groups in total. The first-order valence-corrected chi connectivity index (χ1v) is 11.5. The zero-order chi connectivity index (χ0) is 22.6. The smallest absolute Gasteiger partial charge is 0.228 e. The van der Waals surface area contributed by atoms with Crippen LogP contribution < -0.4 is 9.80 Å². The zero-order valence-electron chi connectivity index (χ0n) is 20.0. The molecule has 2 aliphatic heterocycles. The van der Waals surface area contributed by atoms with Crippen molar-refractivity contribution in [2.75, 3.05) is 42.6 Å². The summed E-state index contributed by atoms with van der Waals surface area (Å²) in [5.41, 5.74) is 3.23. The van der Waals surface area contributed by atoms with E-state index in [2.05, 4.69) is 57.9 Å². The fourth-order valence-electron chi connectivity index (χ4n) is 4.54. The lowest BCUT2D eigenvalue weighted by Crippen LogP contribution is -2.48. The van der Waals surface area contributed by atoms with E-state index in [9.17, 15) is 4.79 Å². The van der Waals surface area contributed by atoms with E-state index >= 15 is 0 Å². The molecule has 31 heavy (non-hydrogen) atoms. The molecular formula is C25H37N5O. The average molecular weight is 424 g/mol. The highest BCUT2D eigenvalue weighted by Crippen LogP contribution is 2.40.